The van der Waals surface area contributed by atoms with Crippen molar-refractivity contribution in [1.82, 2.24) is 5.43 Å². The standard InChI is InChI=1S/C16H17BrN2O2/c1-11(2)9-18-19-15(20)10-21-14-8-7-12-5-3-4-6-13(12)16(14)17/h3-9,11H,10H2,1-2H3,(H,19,20)/b18-9+. The van der Waals surface area contributed by atoms with E-state index in [4.69, 9.17) is 4.74 Å². The molecule has 0 spiro atoms. The summed E-state index contributed by atoms with van der Waals surface area (Å²) in [5.41, 5.74) is 2.43. The van der Waals surface area contributed by atoms with Gasteiger partial charge in [0, 0.05) is 6.21 Å². The van der Waals surface area contributed by atoms with Crippen molar-refractivity contribution in [3.63, 3.8) is 0 Å². The van der Waals surface area contributed by atoms with Gasteiger partial charge in [-0.2, -0.15) is 5.10 Å². The lowest BCUT2D eigenvalue weighted by Gasteiger charge is -2.09. The zero-order valence-corrected chi connectivity index (χ0v) is 13.6. The minimum absolute atomic E-state index is 0.0770. The molecule has 0 aliphatic carbocycles. The van der Waals surface area contributed by atoms with Gasteiger partial charge in [0.15, 0.2) is 6.61 Å². The average molecular weight is 349 g/mol. The Kier molecular flexibility index (Phi) is 5.33. The average Bonchev–Trinajstić information content (AvgIpc) is 2.46. The number of amides is 1. The Hall–Kier alpha value is -1.88. The van der Waals surface area contributed by atoms with Gasteiger partial charge in [0.1, 0.15) is 5.75 Å². The molecule has 1 N–H and O–H groups in total. The molecule has 21 heavy (non-hydrogen) atoms. The van der Waals surface area contributed by atoms with E-state index in [-0.39, 0.29) is 12.5 Å². The Morgan fingerprint density at radius 3 is 2.86 bits per heavy atom. The smallest absolute Gasteiger partial charge is 0.277 e. The normalized spacial score (nSPS) is 11.2. The van der Waals surface area contributed by atoms with Crippen molar-refractivity contribution in [2.75, 3.05) is 6.61 Å². The van der Waals surface area contributed by atoms with Crippen LogP contribution in [0.25, 0.3) is 10.8 Å². The molecular formula is C16H17BrN2O2. The number of carbonyl (C=O) groups excluding carboxylic acids is 1. The van der Waals surface area contributed by atoms with Gasteiger partial charge in [0.05, 0.1) is 4.47 Å². The van der Waals surface area contributed by atoms with Gasteiger partial charge in [-0.15, -0.1) is 0 Å². The molecule has 0 aliphatic rings. The first-order valence-corrected chi connectivity index (χ1v) is 7.49. The van der Waals surface area contributed by atoms with E-state index in [9.17, 15) is 4.79 Å². The lowest BCUT2D eigenvalue weighted by Crippen LogP contribution is -2.24. The van der Waals surface area contributed by atoms with Crippen molar-refractivity contribution in [3.8, 4) is 5.75 Å². The Bertz CT molecular complexity index is 668. The molecule has 5 heteroatoms. The second kappa shape index (κ2) is 7.22. The molecule has 0 unspecified atom stereocenters. The molecule has 0 atom stereocenters. The summed E-state index contributed by atoms with van der Waals surface area (Å²) in [5.74, 6) is 0.643. The summed E-state index contributed by atoms with van der Waals surface area (Å²) in [7, 11) is 0. The van der Waals surface area contributed by atoms with Crippen molar-refractivity contribution in [2.24, 2.45) is 11.0 Å². The first-order chi connectivity index (χ1) is 10.1. The summed E-state index contributed by atoms with van der Waals surface area (Å²) in [6, 6.07) is 11.8. The summed E-state index contributed by atoms with van der Waals surface area (Å²) >= 11 is 3.52. The first-order valence-electron chi connectivity index (χ1n) is 6.70. The van der Waals surface area contributed by atoms with E-state index in [1.807, 2.05) is 50.2 Å². The summed E-state index contributed by atoms with van der Waals surface area (Å²) in [6.45, 7) is 3.89. The van der Waals surface area contributed by atoms with E-state index >= 15 is 0 Å². The van der Waals surface area contributed by atoms with Gasteiger partial charge in [-0.25, -0.2) is 5.43 Å². The highest BCUT2D eigenvalue weighted by atomic mass is 79.9. The zero-order chi connectivity index (χ0) is 15.2. The van der Waals surface area contributed by atoms with Crippen molar-refractivity contribution >= 4 is 38.8 Å². The highest BCUT2D eigenvalue weighted by Crippen LogP contribution is 2.32. The first kappa shape index (κ1) is 15.5. The van der Waals surface area contributed by atoms with E-state index < -0.39 is 0 Å². The summed E-state index contributed by atoms with van der Waals surface area (Å²) in [5, 5.41) is 6.00. The number of ether oxygens (including phenoxy) is 1. The van der Waals surface area contributed by atoms with Crippen molar-refractivity contribution < 1.29 is 9.53 Å². The van der Waals surface area contributed by atoms with Crippen LogP contribution in [0.2, 0.25) is 0 Å². The maximum atomic E-state index is 11.6. The van der Waals surface area contributed by atoms with Gasteiger partial charge < -0.3 is 4.74 Å². The molecule has 110 valence electrons. The molecule has 0 bridgehead atoms. The van der Waals surface area contributed by atoms with E-state index in [0.717, 1.165) is 15.2 Å². The van der Waals surface area contributed by atoms with Gasteiger partial charge in [0.25, 0.3) is 5.91 Å². The van der Waals surface area contributed by atoms with Gasteiger partial charge in [-0.05, 0) is 38.7 Å². The van der Waals surface area contributed by atoms with Crippen LogP contribution in [0, 0.1) is 5.92 Å². The fraction of sp³-hybridized carbons (Fsp3) is 0.250. The minimum Gasteiger partial charge on any atom is -0.483 e. The number of carbonyl (C=O) groups is 1. The Morgan fingerprint density at radius 1 is 1.33 bits per heavy atom. The third-order valence-electron chi connectivity index (χ3n) is 2.75. The maximum absolute atomic E-state index is 11.6. The number of benzene rings is 2. The molecule has 0 saturated carbocycles. The van der Waals surface area contributed by atoms with Crippen LogP contribution in [-0.4, -0.2) is 18.7 Å². The Morgan fingerprint density at radius 2 is 2.10 bits per heavy atom. The number of hydrazone groups is 1. The van der Waals surface area contributed by atoms with Crippen LogP contribution in [0.15, 0.2) is 46.0 Å². The van der Waals surface area contributed by atoms with E-state index in [1.54, 1.807) is 6.21 Å². The van der Waals surface area contributed by atoms with E-state index in [1.165, 1.54) is 0 Å². The van der Waals surface area contributed by atoms with Crippen molar-refractivity contribution in [3.05, 3.63) is 40.9 Å². The quantitative estimate of drug-likeness (QED) is 0.660. The van der Waals surface area contributed by atoms with Crippen LogP contribution in [0.3, 0.4) is 0 Å². The van der Waals surface area contributed by atoms with Gasteiger partial charge in [-0.3, -0.25) is 4.79 Å². The third-order valence-corrected chi connectivity index (χ3v) is 3.57. The molecule has 1 amide bonds. The highest BCUT2D eigenvalue weighted by molar-refractivity contribution is 9.10. The molecule has 2 rings (SSSR count). The second-order valence-electron chi connectivity index (χ2n) is 4.94. The summed E-state index contributed by atoms with van der Waals surface area (Å²) < 4.78 is 6.38. The minimum atomic E-state index is -0.285. The lowest BCUT2D eigenvalue weighted by atomic mass is 10.1. The molecule has 2 aromatic rings. The maximum Gasteiger partial charge on any atom is 0.277 e. The molecule has 0 aromatic heterocycles. The van der Waals surface area contributed by atoms with E-state index in [2.05, 4.69) is 26.5 Å². The third kappa shape index (κ3) is 4.29. The van der Waals surface area contributed by atoms with Crippen LogP contribution in [-0.2, 0) is 4.79 Å². The molecular weight excluding hydrogens is 332 g/mol. The summed E-state index contributed by atoms with van der Waals surface area (Å²) in [6.07, 6.45) is 1.67. The van der Waals surface area contributed by atoms with Gasteiger partial charge >= 0.3 is 0 Å². The van der Waals surface area contributed by atoms with Crippen LogP contribution in [0.1, 0.15) is 13.8 Å². The fourth-order valence-corrected chi connectivity index (χ4v) is 2.37. The Labute approximate surface area is 132 Å². The fourth-order valence-electron chi connectivity index (χ4n) is 1.76. The van der Waals surface area contributed by atoms with Crippen molar-refractivity contribution in [2.45, 2.75) is 13.8 Å². The number of nitrogens with one attached hydrogen (secondary N) is 1. The number of nitrogens with zero attached hydrogens (tertiary/aromatic N) is 1. The van der Waals surface area contributed by atoms with Gasteiger partial charge in [-0.1, -0.05) is 44.2 Å². The molecule has 0 saturated heterocycles. The van der Waals surface area contributed by atoms with Crippen LogP contribution >= 0.6 is 15.9 Å². The predicted octanol–water partition coefficient (Wildman–Crippen LogP) is 3.74. The highest BCUT2D eigenvalue weighted by Gasteiger charge is 2.08. The molecule has 0 fully saturated rings. The number of fused-ring (bicyclic) bond motifs is 1. The zero-order valence-electron chi connectivity index (χ0n) is 12.0. The molecule has 4 nitrogen and oxygen atoms in total. The van der Waals surface area contributed by atoms with Gasteiger partial charge in [0.2, 0.25) is 0 Å². The SMILES string of the molecule is CC(C)/C=N/NC(=O)COc1ccc2ccccc2c1Br. The summed E-state index contributed by atoms with van der Waals surface area (Å²) in [4.78, 5) is 11.6. The number of hydrogen-bond donors (Lipinski definition) is 1. The lowest BCUT2D eigenvalue weighted by molar-refractivity contribution is -0.123. The van der Waals surface area contributed by atoms with Crippen LogP contribution in [0.5, 0.6) is 5.75 Å². The number of hydrogen-bond acceptors (Lipinski definition) is 3. The monoisotopic (exact) mass is 348 g/mol. The number of rotatable bonds is 5. The molecule has 0 radical (unpaired) electrons. The molecule has 0 heterocycles. The predicted molar refractivity (Wildman–Crippen MR) is 88.6 cm³/mol. The molecule has 0 aliphatic heterocycles. The second-order valence-corrected chi connectivity index (χ2v) is 5.74. The largest absolute Gasteiger partial charge is 0.483 e. The van der Waals surface area contributed by atoms with Crippen LogP contribution in [0.4, 0.5) is 0 Å². The number of halogens is 1. The van der Waals surface area contributed by atoms with Crippen LogP contribution < -0.4 is 10.2 Å². The molecule has 2 aromatic carbocycles. The van der Waals surface area contributed by atoms with E-state index in [0.29, 0.717) is 11.7 Å². The Balaban J connectivity index is 2.00. The van der Waals surface area contributed by atoms with Crippen molar-refractivity contribution in [1.29, 1.82) is 0 Å². The topological polar surface area (TPSA) is 50.7 Å².